The Morgan fingerprint density at radius 3 is 2.47 bits per heavy atom. The molecule has 0 radical (unpaired) electrons. The summed E-state index contributed by atoms with van der Waals surface area (Å²) in [5, 5.41) is 5.70. The van der Waals surface area contributed by atoms with Crippen LogP contribution in [0.25, 0.3) is 21.8 Å². The Labute approximate surface area is 202 Å². The van der Waals surface area contributed by atoms with Gasteiger partial charge in [0.05, 0.1) is 9.15 Å². The van der Waals surface area contributed by atoms with Crippen LogP contribution >= 0.6 is 47.8 Å². The Morgan fingerprint density at radius 2 is 1.83 bits per heavy atom. The van der Waals surface area contributed by atoms with Crippen LogP contribution in [0.5, 0.6) is 0 Å². The molecule has 1 N–H and O–H groups in total. The van der Waals surface area contributed by atoms with Crippen molar-refractivity contribution in [1.29, 1.82) is 0 Å². The summed E-state index contributed by atoms with van der Waals surface area (Å²) >= 11 is 11.4. The molecule has 3 aromatic rings. The van der Waals surface area contributed by atoms with Crippen molar-refractivity contribution in [2.45, 2.75) is 48.7 Å². The number of amides is 1. The third-order valence-corrected chi connectivity index (χ3v) is 11.5. The Balaban J connectivity index is 1.53. The van der Waals surface area contributed by atoms with Crippen molar-refractivity contribution < 1.29 is 4.79 Å². The summed E-state index contributed by atoms with van der Waals surface area (Å²) in [6.45, 7) is 7.57. The molecule has 30 heavy (non-hydrogen) atoms. The molecule has 1 heterocycles. The zero-order valence-corrected chi connectivity index (χ0v) is 22.1. The Morgan fingerprint density at radius 1 is 1.13 bits per heavy atom. The van der Waals surface area contributed by atoms with E-state index in [9.17, 15) is 4.79 Å². The zero-order valence-electron chi connectivity index (χ0n) is 17.3. The van der Waals surface area contributed by atoms with Gasteiger partial charge in [-0.05, 0) is 49.4 Å². The van der Waals surface area contributed by atoms with Crippen LogP contribution in [-0.4, -0.2) is 19.0 Å². The van der Waals surface area contributed by atoms with Crippen LogP contribution in [0.1, 0.15) is 33.6 Å². The average Bonchev–Trinajstić information content (AvgIpc) is 3.31. The van der Waals surface area contributed by atoms with Crippen LogP contribution in [0, 0.1) is 16.2 Å². The number of alkyl halides is 3. The number of carbonyl (C=O) groups is 1. The van der Waals surface area contributed by atoms with E-state index in [0.29, 0.717) is 0 Å². The van der Waals surface area contributed by atoms with Gasteiger partial charge in [0.2, 0.25) is 5.91 Å². The molecule has 3 nitrogen and oxygen atoms in total. The maximum Gasteiger partial charge on any atom is 0.232 e. The molecular formula is C24H25Br3N2O. The maximum absolute atomic E-state index is 13.6. The Hall–Kier alpha value is -0.850. The van der Waals surface area contributed by atoms with Gasteiger partial charge in [-0.15, -0.1) is 0 Å². The minimum atomic E-state index is -0.404. The van der Waals surface area contributed by atoms with Gasteiger partial charge in [-0.25, -0.2) is 0 Å². The van der Waals surface area contributed by atoms with Crippen LogP contribution < -0.4 is 5.32 Å². The van der Waals surface area contributed by atoms with Gasteiger partial charge in [0.25, 0.3) is 0 Å². The summed E-state index contributed by atoms with van der Waals surface area (Å²) < 4.78 is 2.51. The van der Waals surface area contributed by atoms with Gasteiger partial charge in [0.1, 0.15) is 0 Å². The molecule has 158 valence electrons. The number of nitrogens with zero attached hydrogens (tertiary/aromatic N) is 1. The second-order valence-corrected chi connectivity index (χ2v) is 13.2. The summed E-state index contributed by atoms with van der Waals surface area (Å²) in [5.41, 5.74) is 2.83. The number of hydrogen-bond acceptors (Lipinski definition) is 1. The fraction of sp³-hybridized carbons (Fsp3) is 0.458. The molecule has 6 heteroatoms. The third-order valence-electron chi connectivity index (χ3n) is 8.24. The normalized spacial score (nSPS) is 29.5. The molecule has 0 spiro atoms. The molecule has 3 fully saturated rings. The average molecular weight is 597 g/mol. The van der Waals surface area contributed by atoms with Crippen LogP contribution in [-0.2, 0) is 11.3 Å². The maximum atomic E-state index is 13.6. The van der Waals surface area contributed by atoms with Crippen molar-refractivity contribution in [2.24, 2.45) is 16.2 Å². The molecule has 2 bridgehead atoms. The summed E-state index contributed by atoms with van der Waals surface area (Å²) in [5.74, 6) is 0.127. The molecule has 2 aromatic carbocycles. The number of carbonyl (C=O) groups excluding carboxylic acids is 1. The SMILES string of the molecule is CCn1c2ccccc2c2cc(NC(=O)C34CCC(C(Br)Br)(C3Br)C4(C)C)ccc21. The summed E-state index contributed by atoms with van der Waals surface area (Å²) in [4.78, 5) is 13.8. The number of halogens is 3. The van der Waals surface area contributed by atoms with Gasteiger partial charge in [-0.1, -0.05) is 79.8 Å². The molecule has 0 saturated heterocycles. The summed E-state index contributed by atoms with van der Waals surface area (Å²) in [6, 6.07) is 14.8. The molecule has 3 unspecified atom stereocenters. The second-order valence-electron chi connectivity index (χ2n) is 9.25. The van der Waals surface area contributed by atoms with E-state index in [-0.39, 0.29) is 25.3 Å². The molecule has 3 aliphatic rings. The third kappa shape index (κ3) is 2.28. The van der Waals surface area contributed by atoms with E-state index >= 15 is 0 Å². The number of para-hydroxylation sites is 1. The fourth-order valence-electron chi connectivity index (χ4n) is 6.41. The van der Waals surface area contributed by atoms with Gasteiger partial charge in [0.15, 0.2) is 0 Å². The van der Waals surface area contributed by atoms with Crippen molar-refractivity contribution in [1.82, 2.24) is 4.57 Å². The number of benzene rings is 2. The largest absolute Gasteiger partial charge is 0.341 e. The van der Waals surface area contributed by atoms with Crippen molar-refractivity contribution in [3.8, 4) is 0 Å². The van der Waals surface area contributed by atoms with E-state index in [4.69, 9.17) is 0 Å². The van der Waals surface area contributed by atoms with Gasteiger partial charge >= 0.3 is 0 Å². The monoisotopic (exact) mass is 594 g/mol. The number of rotatable bonds is 4. The van der Waals surface area contributed by atoms with Crippen molar-refractivity contribution >= 4 is 81.2 Å². The molecule has 6 rings (SSSR count). The zero-order chi connectivity index (χ0) is 21.5. The molecule has 3 aliphatic carbocycles. The Kier molecular flexibility index (Phi) is 4.78. The van der Waals surface area contributed by atoms with Crippen molar-refractivity contribution in [3.63, 3.8) is 0 Å². The first kappa shape index (κ1) is 21.0. The van der Waals surface area contributed by atoms with Crippen LogP contribution in [0.15, 0.2) is 42.5 Å². The lowest BCUT2D eigenvalue weighted by atomic mass is 9.43. The lowest BCUT2D eigenvalue weighted by Crippen LogP contribution is -2.71. The highest BCUT2D eigenvalue weighted by atomic mass is 79.9. The molecule has 1 amide bonds. The number of fused-ring (bicyclic) bond motifs is 4. The number of hydrogen-bond donors (Lipinski definition) is 1. The fourth-order valence-corrected chi connectivity index (χ4v) is 11.3. The minimum Gasteiger partial charge on any atom is -0.341 e. The predicted octanol–water partition coefficient (Wildman–Crippen LogP) is 7.44. The van der Waals surface area contributed by atoms with E-state index in [2.05, 4.69) is 115 Å². The van der Waals surface area contributed by atoms with E-state index in [1.807, 2.05) is 6.07 Å². The van der Waals surface area contributed by atoms with E-state index in [1.165, 1.54) is 21.8 Å². The first-order valence-corrected chi connectivity index (χ1v) is 13.2. The second kappa shape index (κ2) is 6.82. The number of aromatic nitrogens is 1. The summed E-state index contributed by atoms with van der Waals surface area (Å²) in [7, 11) is 0. The molecule has 1 aromatic heterocycles. The van der Waals surface area contributed by atoms with Crippen LogP contribution in [0.2, 0.25) is 0 Å². The molecule has 3 atom stereocenters. The van der Waals surface area contributed by atoms with Crippen molar-refractivity contribution in [3.05, 3.63) is 42.5 Å². The quantitative estimate of drug-likeness (QED) is 0.312. The van der Waals surface area contributed by atoms with Crippen LogP contribution in [0.4, 0.5) is 5.69 Å². The Bertz CT molecular complexity index is 1180. The van der Waals surface area contributed by atoms with Crippen molar-refractivity contribution in [2.75, 3.05) is 5.32 Å². The van der Waals surface area contributed by atoms with E-state index < -0.39 is 5.41 Å². The standard InChI is InChI=1S/C24H25Br3N2O/c1-4-29-17-8-6-5-7-15(17)16-13-14(9-10-18(16)29)28-21(30)24-12-11-23(19(24)25,20(26)27)22(24,2)3/h5-10,13,19-20H,4,11-12H2,1-3H3,(H,28,30). The topological polar surface area (TPSA) is 34.0 Å². The van der Waals surface area contributed by atoms with Crippen LogP contribution in [0.3, 0.4) is 0 Å². The van der Waals surface area contributed by atoms with E-state index in [1.54, 1.807) is 0 Å². The lowest BCUT2D eigenvalue weighted by Gasteiger charge is -2.66. The molecule has 0 aliphatic heterocycles. The van der Waals surface area contributed by atoms with Gasteiger partial charge in [-0.3, -0.25) is 4.79 Å². The molecular weight excluding hydrogens is 572 g/mol. The van der Waals surface area contributed by atoms with Gasteiger partial charge in [-0.2, -0.15) is 0 Å². The van der Waals surface area contributed by atoms with Gasteiger partial charge < -0.3 is 9.88 Å². The molecule has 3 saturated carbocycles. The van der Waals surface area contributed by atoms with Gasteiger partial charge in [0, 0.05) is 44.3 Å². The summed E-state index contributed by atoms with van der Waals surface area (Å²) in [6.07, 6.45) is 1.92. The highest BCUT2D eigenvalue weighted by molar-refractivity contribution is 9.24. The first-order valence-electron chi connectivity index (χ1n) is 10.5. The number of anilines is 1. The lowest BCUT2D eigenvalue weighted by molar-refractivity contribution is -0.155. The smallest absolute Gasteiger partial charge is 0.232 e. The highest BCUT2D eigenvalue weighted by Gasteiger charge is 2.83. The van der Waals surface area contributed by atoms with E-state index in [0.717, 1.165) is 25.1 Å². The number of aryl methyl sites for hydroxylation is 1. The first-order chi connectivity index (χ1) is 14.2. The highest BCUT2D eigenvalue weighted by Crippen LogP contribution is 2.82. The minimum absolute atomic E-state index is 0.0306. The number of nitrogens with one attached hydrogen (secondary N) is 1. The predicted molar refractivity (Wildman–Crippen MR) is 136 cm³/mol.